The van der Waals surface area contributed by atoms with Crippen molar-refractivity contribution in [3.05, 3.63) is 46.5 Å². The molecule has 20 heteroatoms. The van der Waals surface area contributed by atoms with E-state index >= 15 is 0 Å². The highest BCUT2D eigenvalue weighted by atomic mass is 35.5. The van der Waals surface area contributed by atoms with E-state index in [1.807, 2.05) is 13.0 Å². The second-order valence-electron chi connectivity index (χ2n) is 16.8. The van der Waals surface area contributed by atoms with Gasteiger partial charge in [-0.3, -0.25) is 29.4 Å². The molecule has 0 aromatic heterocycles. The highest BCUT2D eigenvalue weighted by Crippen LogP contribution is 2.50. The first-order valence-corrected chi connectivity index (χ1v) is 22.7. The van der Waals surface area contributed by atoms with Gasteiger partial charge in [-0.25, -0.2) is 9.59 Å². The number of thioether (sulfide) groups is 1. The third-order valence-electron chi connectivity index (χ3n) is 11.7. The Bertz CT molecular complexity index is 1980. The number of anilines is 1. The molecule has 1 aromatic rings. The van der Waals surface area contributed by atoms with E-state index in [0.29, 0.717) is 30.2 Å². The minimum Gasteiger partial charge on any atom is -0.495 e. The number of methoxy groups -OCH3 is 2. The summed E-state index contributed by atoms with van der Waals surface area (Å²) in [7, 11) is 4.46. The number of aliphatic hydroxyl groups is 1. The third kappa shape index (κ3) is 12.1. The van der Waals surface area contributed by atoms with Crippen LogP contribution in [0, 0.1) is 0 Å². The van der Waals surface area contributed by atoms with Gasteiger partial charge >= 0.3 is 12.1 Å². The number of fused-ring (bicyclic) bond motifs is 6. The zero-order valence-corrected chi connectivity index (χ0v) is 39.3. The molecule has 0 saturated carbocycles. The number of nitrogens with zero attached hydrogens (tertiary/aromatic N) is 2. The smallest absolute Gasteiger partial charge is 0.409 e. The Labute approximate surface area is 383 Å². The van der Waals surface area contributed by atoms with Crippen molar-refractivity contribution in [3.8, 4) is 5.75 Å². The molecule has 5 aliphatic heterocycles. The van der Waals surface area contributed by atoms with Gasteiger partial charge in [-0.2, -0.15) is 0 Å². The summed E-state index contributed by atoms with van der Waals surface area (Å²) in [4.78, 5) is 80.2. The number of amides is 5. The lowest BCUT2D eigenvalue weighted by Gasteiger charge is -2.59. The molecule has 0 radical (unpaired) electrons. The van der Waals surface area contributed by atoms with Gasteiger partial charge in [0.15, 0.2) is 11.8 Å². The highest BCUT2D eigenvalue weighted by molar-refractivity contribution is 8.00. The van der Waals surface area contributed by atoms with E-state index in [9.17, 15) is 33.9 Å². The molecule has 6 rings (SSSR count). The Kier molecular flexibility index (Phi) is 17.3. The predicted octanol–water partition coefficient (Wildman–Crippen LogP) is 3.62. The second kappa shape index (κ2) is 21.8. The van der Waals surface area contributed by atoms with E-state index in [-0.39, 0.29) is 81.2 Å². The molecule has 6 bridgehead atoms. The first kappa shape index (κ1) is 50.8. The third-order valence-corrected chi connectivity index (χ3v) is 13.3. The maximum atomic E-state index is 14.2. The van der Waals surface area contributed by atoms with E-state index in [0.717, 1.165) is 16.0 Å². The zero-order valence-electron chi connectivity index (χ0n) is 37.7. The zero-order chi connectivity index (χ0) is 47.0. The molecular formula is C44H61ClN4O14S. The number of likely N-dealkylation sites (tertiary alicyclic amines) is 1. The van der Waals surface area contributed by atoms with Crippen LogP contribution < -0.4 is 20.3 Å². The normalized spacial score (nSPS) is 30.4. The number of imide groups is 1. The molecule has 0 aliphatic carbocycles. The standard InChI is InChI=1S/C44H61ClN4O14S/c1-9-46-35(50)13-14-49-37(52)22-31(39(49)53)64-18-17-59-15-16-60-27(3)40(54)61-33-23-36(51)48(6)29-20-28(21-30(57-7)38(29)45)19-26(2)11-10-12-32(58-8)44(56)24-34(62-41(55)47-44)43(5)25-42(33,4)63-43/h10-12,20-21,27,31-34,56H,9,13-19,22-25H2,1-8H3,(H,46,50)(H,47,55)/b12-10+,26-11+/t27-,31?,32+,33-,34?,42+,43+,44-/m0/s1. The van der Waals surface area contributed by atoms with Crippen LogP contribution in [0.1, 0.15) is 72.3 Å². The summed E-state index contributed by atoms with van der Waals surface area (Å²) in [5, 5.41) is 16.6. The highest BCUT2D eigenvalue weighted by Gasteiger charge is 2.63. The van der Waals surface area contributed by atoms with Gasteiger partial charge in [-0.05, 0) is 58.7 Å². The molecule has 354 valence electrons. The van der Waals surface area contributed by atoms with Gasteiger partial charge in [0.05, 0.1) is 44.3 Å². The molecule has 3 saturated heterocycles. The SMILES string of the molecule is CCNC(=O)CCN1C(=O)CC(SCCOCCO[C@@H](C)C(=O)O[C@H]2CC(=O)N(C)c3cc(cc(OC)c3Cl)C/C(C)=C/C=C/[C@@H](OC)[C@@]3(O)CC(OC(=O)N3)[C@@]3(C)C[C@@]2(C)O3)C1=O. The van der Waals surface area contributed by atoms with Crippen molar-refractivity contribution in [2.24, 2.45) is 0 Å². The van der Waals surface area contributed by atoms with Crippen molar-refractivity contribution in [2.45, 2.75) is 120 Å². The number of hydrogen-bond donors (Lipinski definition) is 3. The predicted molar refractivity (Wildman–Crippen MR) is 236 cm³/mol. The summed E-state index contributed by atoms with van der Waals surface area (Å²) in [6.07, 6.45) is 0.393. The van der Waals surface area contributed by atoms with Gasteiger partial charge in [0.25, 0.3) is 0 Å². The minimum absolute atomic E-state index is 0.0144. The number of allylic oxidation sites excluding steroid dienone is 3. The second-order valence-corrected chi connectivity index (χ2v) is 18.5. The Hall–Kier alpha value is -4.24. The lowest BCUT2D eigenvalue weighted by atomic mass is 9.72. The topological polar surface area (TPSA) is 218 Å². The van der Waals surface area contributed by atoms with Crippen LogP contribution in [0.4, 0.5) is 10.5 Å². The average molecular weight is 938 g/mol. The number of carbonyl (C=O) groups excluding carboxylic acids is 6. The number of nitrogens with one attached hydrogen (secondary N) is 2. The molecule has 3 fully saturated rings. The van der Waals surface area contributed by atoms with Crippen LogP contribution in [0.3, 0.4) is 0 Å². The Morgan fingerprint density at radius 1 is 1.09 bits per heavy atom. The van der Waals surface area contributed by atoms with Crippen molar-refractivity contribution in [2.75, 3.05) is 64.8 Å². The molecule has 8 atom stereocenters. The number of hydrogen-bond acceptors (Lipinski definition) is 15. The van der Waals surface area contributed by atoms with Crippen LogP contribution in [0.15, 0.2) is 35.9 Å². The molecule has 2 unspecified atom stereocenters. The van der Waals surface area contributed by atoms with E-state index in [1.165, 1.54) is 37.8 Å². The van der Waals surface area contributed by atoms with Gasteiger partial charge in [0, 0.05) is 58.7 Å². The summed E-state index contributed by atoms with van der Waals surface area (Å²) >= 11 is 8.07. The van der Waals surface area contributed by atoms with Gasteiger partial charge in [-0.1, -0.05) is 35.4 Å². The lowest BCUT2D eigenvalue weighted by molar-refractivity contribution is -0.328. The van der Waals surface area contributed by atoms with Crippen molar-refractivity contribution >= 4 is 64.7 Å². The first-order valence-electron chi connectivity index (χ1n) is 21.3. The Morgan fingerprint density at radius 2 is 1.83 bits per heavy atom. The first-order chi connectivity index (χ1) is 30.3. The molecule has 3 N–H and O–H groups in total. The number of esters is 1. The number of benzene rings is 1. The number of rotatable bonds is 16. The number of ether oxygens (including phenoxy) is 7. The van der Waals surface area contributed by atoms with E-state index in [4.69, 9.17) is 44.8 Å². The lowest BCUT2D eigenvalue weighted by Crippen LogP contribution is -2.72. The number of carbonyl (C=O) groups is 6. The molecule has 5 heterocycles. The molecule has 64 heavy (non-hydrogen) atoms. The minimum atomic E-state index is -1.88. The van der Waals surface area contributed by atoms with Crippen molar-refractivity contribution < 1.29 is 67.0 Å². The molecule has 5 amide bonds. The fourth-order valence-corrected chi connectivity index (χ4v) is 9.70. The van der Waals surface area contributed by atoms with Crippen LogP contribution in [0.5, 0.6) is 5.75 Å². The fraction of sp³-hybridized carbons (Fsp3) is 0.636. The van der Waals surface area contributed by atoms with Crippen LogP contribution in [0.2, 0.25) is 5.02 Å². The Balaban J connectivity index is 1.25. The van der Waals surface area contributed by atoms with Crippen molar-refractivity contribution in [1.82, 2.24) is 15.5 Å². The monoisotopic (exact) mass is 936 g/mol. The quantitative estimate of drug-likeness (QED) is 0.123. The average Bonchev–Trinajstić information content (AvgIpc) is 3.50. The summed E-state index contributed by atoms with van der Waals surface area (Å²) in [5.41, 5.74) is -2.24. The van der Waals surface area contributed by atoms with Gasteiger partial charge in [-0.15, -0.1) is 11.8 Å². The van der Waals surface area contributed by atoms with Crippen molar-refractivity contribution in [3.63, 3.8) is 0 Å². The van der Waals surface area contributed by atoms with E-state index in [2.05, 4.69) is 10.6 Å². The summed E-state index contributed by atoms with van der Waals surface area (Å²) in [5.74, 6) is -1.30. The van der Waals surface area contributed by atoms with Crippen molar-refractivity contribution in [1.29, 1.82) is 0 Å². The van der Waals surface area contributed by atoms with Crippen LogP contribution >= 0.6 is 23.4 Å². The maximum Gasteiger partial charge on any atom is 0.409 e. The van der Waals surface area contributed by atoms with Crippen LogP contribution in [-0.2, 0) is 58.8 Å². The number of alkyl carbamates (subject to hydrolysis) is 1. The Morgan fingerprint density at radius 3 is 2.52 bits per heavy atom. The molecular weight excluding hydrogens is 876 g/mol. The maximum absolute atomic E-state index is 14.2. The fourth-order valence-electron chi connectivity index (χ4n) is 8.35. The summed E-state index contributed by atoms with van der Waals surface area (Å²) in [6.45, 7) is 9.50. The summed E-state index contributed by atoms with van der Waals surface area (Å²) < 4.78 is 40.9. The largest absolute Gasteiger partial charge is 0.495 e. The molecule has 0 spiro atoms. The number of halogens is 1. The molecule has 18 nitrogen and oxygen atoms in total. The molecule has 5 aliphatic rings. The summed E-state index contributed by atoms with van der Waals surface area (Å²) in [6, 6.07) is 3.56. The van der Waals surface area contributed by atoms with Gasteiger partial charge in [0.2, 0.25) is 23.6 Å². The van der Waals surface area contributed by atoms with Gasteiger partial charge in [0.1, 0.15) is 40.3 Å². The molecule has 1 aromatic carbocycles. The van der Waals surface area contributed by atoms with Crippen LogP contribution in [0.25, 0.3) is 0 Å². The van der Waals surface area contributed by atoms with Gasteiger partial charge < -0.3 is 48.5 Å². The van der Waals surface area contributed by atoms with Crippen LogP contribution in [-0.4, -0.2) is 152 Å². The van der Waals surface area contributed by atoms with E-state index in [1.54, 1.807) is 52.1 Å². The van der Waals surface area contributed by atoms with E-state index < -0.39 is 64.6 Å².